The van der Waals surface area contributed by atoms with Gasteiger partial charge in [0.05, 0.1) is 16.6 Å². The van der Waals surface area contributed by atoms with Gasteiger partial charge in [-0.05, 0) is 18.2 Å². The lowest BCUT2D eigenvalue weighted by molar-refractivity contribution is -0.385. The van der Waals surface area contributed by atoms with E-state index in [0.29, 0.717) is 0 Å². The molecule has 1 N–H and O–H groups in total. The first-order valence-corrected chi connectivity index (χ1v) is 3.85. The molecule has 0 atom stereocenters. The largest absolute Gasteiger partial charge is 0.478 e. The molecule has 0 saturated carbocycles. The maximum absolute atomic E-state index is 12.7. The van der Waals surface area contributed by atoms with Gasteiger partial charge in [-0.3, -0.25) is 10.1 Å². The number of benzene rings is 1. The highest BCUT2D eigenvalue weighted by Crippen LogP contribution is 2.20. The summed E-state index contributed by atoms with van der Waals surface area (Å²) in [4.78, 5) is 19.9. The van der Waals surface area contributed by atoms with Gasteiger partial charge in [0.15, 0.2) is 0 Å². The molecule has 0 aromatic heterocycles. The smallest absolute Gasteiger partial charge is 0.328 e. The van der Waals surface area contributed by atoms with Crippen LogP contribution < -0.4 is 0 Å². The van der Waals surface area contributed by atoms with Crippen molar-refractivity contribution in [2.24, 2.45) is 0 Å². The lowest BCUT2D eigenvalue weighted by Crippen LogP contribution is -1.93. The van der Waals surface area contributed by atoms with Gasteiger partial charge in [-0.2, -0.15) is 0 Å². The minimum atomic E-state index is -1.23. The van der Waals surface area contributed by atoms with Crippen molar-refractivity contribution in [3.05, 3.63) is 45.8 Å². The van der Waals surface area contributed by atoms with Crippen LogP contribution in [0.3, 0.4) is 0 Å². The minimum absolute atomic E-state index is 0.0452. The summed E-state index contributed by atoms with van der Waals surface area (Å²) in [5, 5.41) is 18.8. The molecule has 0 saturated heterocycles. The van der Waals surface area contributed by atoms with E-state index in [2.05, 4.69) is 0 Å². The molecule has 0 heterocycles. The number of hydrogen-bond acceptors (Lipinski definition) is 3. The van der Waals surface area contributed by atoms with Crippen LogP contribution in [0, 0.1) is 15.9 Å². The molecule has 0 radical (unpaired) electrons. The molecule has 0 amide bonds. The third kappa shape index (κ3) is 2.87. The molecule has 0 bridgehead atoms. The highest BCUT2D eigenvalue weighted by molar-refractivity contribution is 5.86. The summed E-state index contributed by atoms with van der Waals surface area (Å²) in [5.41, 5.74) is -0.420. The van der Waals surface area contributed by atoms with Gasteiger partial charge >= 0.3 is 5.97 Å². The van der Waals surface area contributed by atoms with Gasteiger partial charge in [-0.15, -0.1) is 0 Å². The molecule has 5 nitrogen and oxygen atoms in total. The van der Waals surface area contributed by atoms with Gasteiger partial charge in [-0.25, -0.2) is 9.18 Å². The summed E-state index contributed by atoms with van der Waals surface area (Å²) >= 11 is 0. The van der Waals surface area contributed by atoms with E-state index in [1.807, 2.05) is 0 Å². The minimum Gasteiger partial charge on any atom is -0.478 e. The second-order valence-electron chi connectivity index (χ2n) is 2.63. The van der Waals surface area contributed by atoms with Gasteiger partial charge in [0.25, 0.3) is 5.69 Å². The first-order valence-electron chi connectivity index (χ1n) is 3.85. The molecular formula is C9H6FNO4. The van der Waals surface area contributed by atoms with Crippen molar-refractivity contribution in [1.82, 2.24) is 0 Å². The summed E-state index contributed by atoms with van der Waals surface area (Å²) in [5.74, 6) is -1.97. The molecule has 15 heavy (non-hydrogen) atoms. The van der Waals surface area contributed by atoms with Crippen LogP contribution in [0.5, 0.6) is 0 Å². The predicted molar refractivity (Wildman–Crippen MR) is 49.7 cm³/mol. The molecular weight excluding hydrogens is 205 g/mol. The van der Waals surface area contributed by atoms with Crippen molar-refractivity contribution in [2.75, 3.05) is 0 Å². The van der Waals surface area contributed by atoms with Crippen molar-refractivity contribution in [2.45, 2.75) is 0 Å². The van der Waals surface area contributed by atoms with Gasteiger partial charge in [0.1, 0.15) is 5.82 Å². The van der Waals surface area contributed by atoms with E-state index in [9.17, 15) is 19.3 Å². The topological polar surface area (TPSA) is 80.4 Å². The molecule has 1 aromatic carbocycles. The first-order chi connectivity index (χ1) is 7.00. The summed E-state index contributed by atoms with van der Waals surface area (Å²) in [6, 6.07) is 2.91. The summed E-state index contributed by atoms with van der Waals surface area (Å²) in [6.07, 6.45) is 1.79. The third-order valence-corrected chi connectivity index (χ3v) is 1.59. The van der Waals surface area contributed by atoms with Crippen LogP contribution in [0.4, 0.5) is 10.1 Å². The zero-order valence-electron chi connectivity index (χ0n) is 7.38. The highest BCUT2D eigenvalue weighted by atomic mass is 19.1. The second kappa shape index (κ2) is 4.32. The molecule has 1 rings (SSSR count). The highest BCUT2D eigenvalue weighted by Gasteiger charge is 2.12. The third-order valence-electron chi connectivity index (χ3n) is 1.59. The number of hydrogen-bond donors (Lipinski definition) is 1. The number of rotatable bonds is 3. The SMILES string of the molecule is O=C(O)/C=C\c1ccc(F)cc1[N+](=O)[O-]. The fourth-order valence-electron chi connectivity index (χ4n) is 0.977. The number of carboxylic acid groups (broad SMARTS) is 1. The summed E-state index contributed by atoms with van der Waals surface area (Å²) in [6.45, 7) is 0. The molecule has 0 unspecified atom stereocenters. The standard InChI is InChI=1S/C9H6FNO4/c10-7-3-1-6(2-4-9(12)13)8(5-7)11(14)15/h1-5H,(H,12,13)/b4-2-. The number of nitrogens with zero attached hydrogens (tertiary/aromatic N) is 1. The van der Waals surface area contributed by atoms with E-state index in [1.54, 1.807) is 0 Å². The Balaban J connectivity index is 3.17. The fraction of sp³-hybridized carbons (Fsp3) is 0. The number of carboxylic acids is 1. The van der Waals surface area contributed by atoms with Crippen LogP contribution in [0.15, 0.2) is 24.3 Å². The van der Waals surface area contributed by atoms with Gasteiger partial charge < -0.3 is 5.11 Å². The molecule has 0 spiro atoms. The van der Waals surface area contributed by atoms with Crippen LogP contribution in [-0.2, 0) is 4.79 Å². The molecule has 0 aliphatic heterocycles. The van der Waals surface area contributed by atoms with Crippen molar-refractivity contribution < 1.29 is 19.2 Å². The normalized spacial score (nSPS) is 10.5. The zero-order chi connectivity index (χ0) is 11.4. The Morgan fingerprint density at radius 2 is 2.20 bits per heavy atom. The first kappa shape index (κ1) is 10.8. The predicted octanol–water partition coefficient (Wildman–Crippen LogP) is 1.83. The van der Waals surface area contributed by atoms with Crippen molar-refractivity contribution >= 4 is 17.7 Å². The summed E-state index contributed by atoms with van der Waals surface area (Å²) in [7, 11) is 0. The monoisotopic (exact) mass is 211 g/mol. The number of nitro groups is 1. The van der Waals surface area contributed by atoms with Gasteiger partial charge in [-0.1, -0.05) is 0 Å². The van der Waals surface area contributed by atoms with Crippen LogP contribution in [-0.4, -0.2) is 16.0 Å². The number of aliphatic carboxylic acids is 1. The Morgan fingerprint density at radius 1 is 1.53 bits per heavy atom. The summed E-state index contributed by atoms with van der Waals surface area (Å²) < 4.78 is 12.7. The average molecular weight is 211 g/mol. The van der Waals surface area contributed by atoms with Crippen molar-refractivity contribution in [1.29, 1.82) is 0 Å². The van der Waals surface area contributed by atoms with Crippen molar-refractivity contribution in [3.8, 4) is 0 Å². The molecule has 6 heteroatoms. The Labute approximate surface area is 83.6 Å². The molecule has 78 valence electrons. The second-order valence-corrected chi connectivity index (χ2v) is 2.63. The van der Waals surface area contributed by atoms with Crippen LogP contribution in [0.25, 0.3) is 6.08 Å². The van der Waals surface area contributed by atoms with Gasteiger partial charge in [0.2, 0.25) is 0 Å². The Morgan fingerprint density at radius 3 is 2.73 bits per heavy atom. The van der Waals surface area contributed by atoms with Gasteiger partial charge in [0, 0.05) is 6.08 Å². The Kier molecular flexibility index (Phi) is 3.12. The Hall–Kier alpha value is -2.24. The quantitative estimate of drug-likeness (QED) is 0.469. The van der Waals surface area contributed by atoms with Crippen molar-refractivity contribution in [3.63, 3.8) is 0 Å². The number of carbonyl (C=O) groups is 1. The van der Waals surface area contributed by atoms with E-state index in [-0.39, 0.29) is 5.56 Å². The zero-order valence-corrected chi connectivity index (χ0v) is 7.38. The van der Waals surface area contributed by atoms with E-state index in [4.69, 9.17) is 5.11 Å². The average Bonchev–Trinajstić information content (AvgIpc) is 2.15. The van der Waals surface area contributed by atoms with Crippen LogP contribution in [0.1, 0.15) is 5.56 Å². The molecule has 0 fully saturated rings. The number of nitro benzene ring substituents is 1. The van der Waals surface area contributed by atoms with E-state index < -0.39 is 22.4 Å². The lowest BCUT2D eigenvalue weighted by Gasteiger charge is -1.96. The van der Waals surface area contributed by atoms with Crippen LogP contribution in [0.2, 0.25) is 0 Å². The molecule has 1 aromatic rings. The van der Waals surface area contributed by atoms with E-state index in [1.165, 1.54) is 0 Å². The van der Waals surface area contributed by atoms with E-state index in [0.717, 1.165) is 30.4 Å². The maximum Gasteiger partial charge on any atom is 0.328 e. The Bertz CT molecular complexity index is 442. The molecule has 0 aliphatic carbocycles. The molecule has 0 aliphatic rings. The maximum atomic E-state index is 12.7. The van der Waals surface area contributed by atoms with Crippen LogP contribution >= 0.6 is 0 Å². The lowest BCUT2D eigenvalue weighted by atomic mass is 10.1. The number of halogens is 1. The van der Waals surface area contributed by atoms with E-state index >= 15 is 0 Å². The fourth-order valence-corrected chi connectivity index (χ4v) is 0.977.